The highest BCUT2D eigenvalue weighted by atomic mass is 35.5. The van der Waals surface area contributed by atoms with Crippen molar-refractivity contribution in [2.45, 2.75) is 12.7 Å². The molecular formula is C15H13ClO3. The zero-order chi connectivity index (χ0) is 13.7. The van der Waals surface area contributed by atoms with Crippen molar-refractivity contribution in [1.29, 1.82) is 0 Å². The summed E-state index contributed by atoms with van der Waals surface area (Å²) >= 11 is 5.26. The van der Waals surface area contributed by atoms with Crippen molar-refractivity contribution in [3.63, 3.8) is 0 Å². The Hall–Kier alpha value is -1.84. The van der Waals surface area contributed by atoms with Crippen LogP contribution < -0.4 is 4.74 Å². The summed E-state index contributed by atoms with van der Waals surface area (Å²) < 4.78 is 5.60. The summed E-state index contributed by atoms with van der Waals surface area (Å²) in [6, 6.07) is 16.4. The number of carbonyl (C=O) groups is 1. The van der Waals surface area contributed by atoms with Gasteiger partial charge in [0.15, 0.2) is 6.10 Å². The Morgan fingerprint density at radius 2 is 1.89 bits per heavy atom. The SMILES string of the molecule is O=C(Cl)C(O)c1cccc(OCc2ccccc2)c1. The van der Waals surface area contributed by atoms with Crippen LogP contribution in [0.1, 0.15) is 17.2 Å². The Kier molecular flexibility index (Phi) is 4.55. The van der Waals surface area contributed by atoms with Crippen LogP contribution >= 0.6 is 11.6 Å². The maximum Gasteiger partial charge on any atom is 0.254 e. The molecule has 0 heterocycles. The fourth-order valence-corrected chi connectivity index (χ4v) is 1.77. The number of halogens is 1. The molecular weight excluding hydrogens is 264 g/mol. The monoisotopic (exact) mass is 276 g/mol. The maximum atomic E-state index is 10.9. The second kappa shape index (κ2) is 6.36. The number of benzene rings is 2. The van der Waals surface area contributed by atoms with E-state index < -0.39 is 11.3 Å². The van der Waals surface area contributed by atoms with Gasteiger partial charge in [-0.15, -0.1) is 0 Å². The smallest absolute Gasteiger partial charge is 0.254 e. The number of aliphatic hydroxyl groups is 1. The topological polar surface area (TPSA) is 46.5 Å². The lowest BCUT2D eigenvalue weighted by Gasteiger charge is -2.10. The molecule has 0 aliphatic rings. The van der Waals surface area contributed by atoms with Gasteiger partial charge in [0, 0.05) is 0 Å². The van der Waals surface area contributed by atoms with E-state index in [1.54, 1.807) is 24.3 Å². The molecule has 0 aromatic heterocycles. The normalized spacial score (nSPS) is 11.9. The van der Waals surface area contributed by atoms with Crippen molar-refractivity contribution in [3.05, 3.63) is 65.7 Å². The summed E-state index contributed by atoms with van der Waals surface area (Å²) in [7, 11) is 0. The van der Waals surface area contributed by atoms with Crippen LogP contribution in [0.25, 0.3) is 0 Å². The van der Waals surface area contributed by atoms with Gasteiger partial charge in [0.2, 0.25) is 0 Å². The number of hydrogen-bond donors (Lipinski definition) is 1. The Morgan fingerprint density at radius 1 is 1.16 bits per heavy atom. The molecule has 2 rings (SSSR count). The fourth-order valence-electron chi connectivity index (χ4n) is 1.65. The predicted octanol–water partition coefficient (Wildman–Crippen LogP) is 3.06. The van der Waals surface area contributed by atoms with Crippen molar-refractivity contribution >= 4 is 16.8 Å². The number of rotatable bonds is 5. The van der Waals surface area contributed by atoms with Gasteiger partial charge in [-0.2, -0.15) is 0 Å². The van der Waals surface area contributed by atoms with E-state index in [2.05, 4.69) is 0 Å². The van der Waals surface area contributed by atoms with Gasteiger partial charge < -0.3 is 9.84 Å². The molecule has 0 aliphatic carbocycles. The van der Waals surface area contributed by atoms with Crippen molar-refractivity contribution in [3.8, 4) is 5.75 Å². The molecule has 4 heteroatoms. The summed E-state index contributed by atoms with van der Waals surface area (Å²) in [6.07, 6.45) is -1.32. The zero-order valence-electron chi connectivity index (χ0n) is 10.1. The second-order valence-corrected chi connectivity index (χ2v) is 4.43. The highest BCUT2D eigenvalue weighted by Gasteiger charge is 2.15. The van der Waals surface area contributed by atoms with E-state index in [1.807, 2.05) is 30.3 Å². The van der Waals surface area contributed by atoms with Crippen LogP contribution in [0.4, 0.5) is 0 Å². The van der Waals surface area contributed by atoms with Crippen LogP contribution in [-0.2, 0) is 11.4 Å². The third-order valence-corrected chi connectivity index (χ3v) is 2.84. The predicted molar refractivity (Wildman–Crippen MR) is 73.0 cm³/mol. The Morgan fingerprint density at radius 3 is 2.58 bits per heavy atom. The largest absolute Gasteiger partial charge is 0.489 e. The van der Waals surface area contributed by atoms with Crippen LogP contribution in [0.5, 0.6) is 5.75 Å². The molecule has 0 fully saturated rings. The first kappa shape index (κ1) is 13.6. The molecule has 0 radical (unpaired) electrons. The van der Waals surface area contributed by atoms with E-state index in [0.29, 0.717) is 17.9 Å². The van der Waals surface area contributed by atoms with Crippen molar-refractivity contribution in [1.82, 2.24) is 0 Å². The van der Waals surface area contributed by atoms with Crippen LogP contribution in [0.2, 0.25) is 0 Å². The lowest BCUT2D eigenvalue weighted by molar-refractivity contribution is -0.119. The molecule has 2 aromatic rings. The standard InChI is InChI=1S/C15H13ClO3/c16-15(18)14(17)12-7-4-8-13(9-12)19-10-11-5-2-1-3-6-11/h1-9,14,17H,10H2. The minimum Gasteiger partial charge on any atom is -0.489 e. The summed E-state index contributed by atoms with van der Waals surface area (Å²) in [5.41, 5.74) is 1.47. The molecule has 0 saturated carbocycles. The lowest BCUT2D eigenvalue weighted by Crippen LogP contribution is -2.05. The van der Waals surface area contributed by atoms with E-state index in [-0.39, 0.29) is 0 Å². The Bertz CT molecular complexity index is 554. The maximum absolute atomic E-state index is 10.9. The summed E-state index contributed by atoms with van der Waals surface area (Å²) in [5, 5.41) is 8.77. The first-order chi connectivity index (χ1) is 9.16. The van der Waals surface area contributed by atoms with Crippen molar-refractivity contribution in [2.24, 2.45) is 0 Å². The zero-order valence-corrected chi connectivity index (χ0v) is 10.9. The van der Waals surface area contributed by atoms with Gasteiger partial charge in [0.1, 0.15) is 12.4 Å². The van der Waals surface area contributed by atoms with E-state index in [1.165, 1.54) is 0 Å². The summed E-state index contributed by atoms with van der Waals surface area (Å²) in [5.74, 6) is 0.582. The lowest BCUT2D eigenvalue weighted by atomic mass is 10.1. The molecule has 0 bridgehead atoms. The number of carbonyl (C=O) groups excluding carboxylic acids is 1. The van der Waals surface area contributed by atoms with Crippen LogP contribution in [-0.4, -0.2) is 10.3 Å². The second-order valence-electron chi connectivity index (χ2n) is 4.05. The van der Waals surface area contributed by atoms with E-state index in [9.17, 15) is 9.90 Å². The van der Waals surface area contributed by atoms with Crippen LogP contribution in [0.3, 0.4) is 0 Å². The molecule has 0 spiro atoms. The molecule has 1 N–H and O–H groups in total. The van der Waals surface area contributed by atoms with Gasteiger partial charge in [0.05, 0.1) is 0 Å². The van der Waals surface area contributed by atoms with E-state index >= 15 is 0 Å². The van der Waals surface area contributed by atoms with Crippen LogP contribution in [0, 0.1) is 0 Å². The minimum absolute atomic E-state index is 0.422. The highest BCUT2D eigenvalue weighted by molar-refractivity contribution is 6.64. The first-order valence-electron chi connectivity index (χ1n) is 5.81. The molecule has 0 saturated heterocycles. The van der Waals surface area contributed by atoms with Crippen LogP contribution in [0.15, 0.2) is 54.6 Å². The summed E-state index contributed by atoms with van der Waals surface area (Å²) in [4.78, 5) is 10.9. The average molecular weight is 277 g/mol. The fraction of sp³-hybridized carbons (Fsp3) is 0.133. The van der Waals surface area contributed by atoms with Crippen molar-refractivity contribution in [2.75, 3.05) is 0 Å². The Balaban J connectivity index is 2.05. The quantitative estimate of drug-likeness (QED) is 0.854. The van der Waals surface area contributed by atoms with Gasteiger partial charge in [0.25, 0.3) is 5.24 Å². The molecule has 19 heavy (non-hydrogen) atoms. The third-order valence-electron chi connectivity index (χ3n) is 2.64. The molecule has 0 amide bonds. The third kappa shape index (κ3) is 3.81. The van der Waals surface area contributed by atoms with E-state index in [0.717, 1.165) is 5.56 Å². The van der Waals surface area contributed by atoms with Gasteiger partial charge in [-0.3, -0.25) is 4.79 Å². The van der Waals surface area contributed by atoms with E-state index in [4.69, 9.17) is 16.3 Å². The Labute approximate surface area is 116 Å². The molecule has 2 aromatic carbocycles. The first-order valence-corrected chi connectivity index (χ1v) is 6.19. The highest BCUT2D eigenvalue weighted by Crippen LogP contribution is 2.21. The van der Waals surface area contributed by atoms with Gasteiger partial charge in [-0.25, -0.2) is 0 Å². The number of aliphatic hydroxyl groups excluding tert-OH is 1. The molecule has 1 atom stereocenters. The molecule has 0 aliphatic heterocycles. The van der Waals surface area contributed by atoms with Gasteiger partial charge in [-0.05, 0) is 34.9 Å². The van der Waals surface area contributed by atoms with Crippen molar-refractivity contribution < 1.29 is 14.6 Å². The van der Waals surface area contributed by atoms with Gasteiger partial charge in [-0.1, -0.05) is 42.5 Å². The minimum atomic E-state index is -1.32. The molecule has 98 valence electrons. The van der Waals surface area contributed by atoms with Gasteiger partial charge >= 0.3 is 0 Å². The molecule has 3 nitrogen and oxygen atoms in total. The number of ether oxygens (including phenoxy) is 1. The molecule has 1 unspecified atom stereocenters. The summed E-state index contributed by atoms with van der Waals surface area (Å²) in [6.45, 7) is 0.426. The number of hydrogen-bond acceptors (Lipinski definition) is 3. The average Bonchev–Trinajstić information content (AvgIpc) is 2.45.